The van der Waals surface area contributed by atoms with Crippen LogP contribution in [0.25, 0.3) is 0 Å². The summed E-state index contributed by atoms with van der Waals surface area (Å²) in [6, 6.07) is 11.3. The van der Waals surface area contributed by atoms with Gasteiger partial charge < -0.3 is 19.4 Å². The zero-order valence-electron chi connectivity index (χ0n) is 17.3. The van der Waals surface area contributed by atoms with E-state index < -0.39 is 0 Å². The predicted octanol–water partition coefficient (Wildman–Crippen LogP) is 2.68. The van der Waals surface area contributed by atoms with Crippen molar-refractivity contribution in [1.82, 2.24) is 9.88 Å². The van der Waals surface area contributed by atoms with Crippen molar-refractivity contribution in [2.45, 2.75) is 13.3 Å². The average molecular weight is 396 g/mol. The highest BCUT2D eigenvalue weighted by Crippen LogP contribution is 2.18. The maximum Gasteiger partial charge on any atom is 0.339 e. The number of anilines is 2. The van der Waals surface area contributed by atoms with Crippen LogP contribution in [0.2, 0.25) is 0 Å². The number of pyridine rings is 1. The molecule has 0 N–H and O–H groups in total. The Hall–Kier alpha value is -3.09. The lowest BCUT2D eigenvalue weighted by Crippen LogP contribution is -2.35. The van der Waals surface area contributed by atoms with Crippen LogP contribution in [0.15, 0.2) is 42.6 Å². The second-order valence-corrected chi connectivity index (χ2v) is 7.20. The molecule has 1 fully saturated rings. The quantitative estimate of drug-likeness (QED) is 0.724. The summed E-state index contributed by atoms with van der Waals surface area (Å²) in [7, 11) is 3.96. The zero-order valence-corrected chi connectivity index (χ0v) is 17.3. The Bertz CT molecular complexity index is 834. The number of nitrogens with zero attached hydrogens (tertiary/aromatic N) is 4. The standard InChI is InChI=1S/C22H28N4O3/c1-4-29-22(28)18-8-11-20(23-16-18)25-12-5-13-26(15-14-25)21(27)17-6-9-19(10-7-17)24(2)3/h6-11,16H,4-5,12-15H2,1-3H3. The third-order valence-electron chi connectivity index (χ3n) is 5.00. The van der Waals surface area contributed by atoms with E-state index in [1.54, 1.807) is 19.2 Å². The van der Waals surface area contributed by atoms with Gasteiger partial charge in [-0.05, 0) is 49.7 Å². The SMILES string of the molecule is CCOC(=O)c1ccc(N2CCCN(C(=O)c3ccc(N(C)C)cc3)CC2)nc1. The van der Waals surface area contributed by atoms with Crippen molar-refractivity contribution in [2.24, 2.45) is 0 Å². The summed E-state index contributed by atoms with van der Waals surface area (Å²) in [6.07, 6.45) is 2.41. The van der Waals surface area contributed by atoms with Gasteiger partial charge >= 0.3 is 5.97 Å². The number of hydrogen-bond donors (Lipinski definition) is 0. The number of hydrogen-bond acceptors (Lipinski definition) is 6. The van der Waals surface area contributed by atoms with Crippen molar-refractivity contribution < 1.29 is 14.3 Å². The third kappa shape index (κ3) is 5.04. The van der Waals surface area contributed by atoms with Crippen LogP contribution in [0.3, 0.4) is 0 Å². The molecule has 7 heteroatoms. The molecule has 0 atom stereocenters. The van der Waals surface area contributed by atoms with Gasteiger partial charge in [-0.25, -0.2) is 9.78 Å². The average Bonchev–Trinajstić information content (AvgIpc) is 3.00. The van der Waals surface area contributed by atoms with E-state index in [2.05, 4.69) is 9.88 Å². The first-order chi connectivity index (χ1) is 14.0. The molecule has 154 valence electrons. The van der Waals surface area contributed by atoms with E-state index in [9.17, 15) is 9.59 Å². The van der Waals surface area contributed by atoms with Crippen LogP contribution in [0.5, 0.6) is 0 Å². The van der Waals surface area contributed by atoms with E-state index >= 15 is 0 Å². The van der Waals surface area contributed by atoms with Gasteiger partial charge in [0.25, 0.3) is 5.91 Å². The number of esters is 1. The number of rotatable bonds is 5. The van der Waals surface area contributed by atoms with Crippen molar-refractivity contribution in [3.05, 3.63) is 53.7 Å². The summed E-state index contributed by atoms with van der Waals surface area (Å²) >= 11 is 0. The number of carbonyl (C=O) groups is 2. The molecule has 0 saturated carbocycles. The molecule has 1 aliphatic heterocycles. The fourth-order valence-electron chi connectivity index (χ4n) is 3.34. The van der Waals surface area contributed by atoms with Gasteiger partial charge in [0.05, 0.1) is 12.2 Å². The highest BCUT2D eigenvalue weighted by Gasteiger charge is 2.21. The smallest absolute Gasteiger partial charge is 0.339 e. The maximum atomic E-state index is 12.9. The Morgan fingerprint density at radius 3 is 2.34 bits per heavy atom. The van der Waals surface area contributed by atoms with Gasteiger partial charge in [-0.2, -0.15) is 0 Å². The van der Waals surface area contributed by atoms with E-state index in [4.69, 9.17) is 4.74 Å². The Balaban J connectivity index is 1.62. The molecule has 0 unspecified atom stereocenters. The highest BCUT2D eigenvalue weighted by molar-refractivity contribution is 5.94. The predicted molar refractivity (Wildman–Crippen MR) is 114 cm³/mol. The summed E-state index contributed by atoms with van der Waals surface area (Å²) in [6.45, 7) is 4.98. The van der Waals surface area contributed by atoms with Crippen molar-refractivity contribution in [2.75, 3.05) is 56.7 Å². The fourth-order valence-corrected chi connectivity index (χ4v) is 3.34. The molecule has 1 aromatic carbocycles. The van der Waals surface area contributed by atoms with E-state index in [1.807, 2.05) is 54.2 Å². The lowest BCUT2D eigenvalue weighted by molar-refractivity contribution is 0.0525. The van der Waals surface area contributed by atoms with Crippen LogP contribution >= 0.6 is 0 Å². The van der Waals surface area contributed by atoms with Crippen LogP contribution in [-0.2, 0) is 4.74 Å². The molecule has 29 heavy (non-hydrogen) atoms. The Labute approximate surface area is 171 Å². The number of aromatic nitrogens is 1. The van der Waals surface area contributed by atoms with Gasteiger partial charge in [-0.3, -0.25) is 4.79 Å². The zero-order chi connectivity index (χ0) is 20.8. The van der Waals surface area contributed by atoms with E-state index in [0.29, 0.717) is 37.4 Å². The summed E-state index contributed by atoms with van der Waals surface area (Å²) < 4.78 is 5.00. The molecular weight excluding hydrogens is 368 g/mol. The van der Waals surface area contributed by atoms with Crippen LogP contribution in [0.4, 0.5) is 11.5 Å². The fraction of sp³-hybridized carbons (Fsp3) is 0.409. The van der Waals surface area contributed by atoms with Gasteiger partial charge in [0.1, 0.15) is 5.82 Å². The Morgan fingerprint density at radius 1 is 1.00 bits per heavy atom. The first-order valence-corrected chi connectivity index (χ1v) is 9.94. The number of carbonyl (C=O) groups excluding carboxylic acids is 2. The molecule has 3 rings (SSSR count). The highest BCUT2D eigenvalue weighted by atomic mass is 16.5. The van der Waals surface area contributed by atoms with E-state index in [-0.39, 0.29) is 11.9 Å². The molecule has 2 heterocycles. The first kappa shape index (κ1) is 20.6. The van der Waals surface area contributed by atoms with Crippen LogP contribution in [-0.4, -0.2) is 68.6 Å². The molecule has 1 aromatic heterocycles. The molecule has 1 saturated heterocycles. The van der Waals surface area contributed by atoms with Gasteiger partial charge in [0, 0.05) is 57.7 Å². The van der Waals surface area contributed by atoms with Crippen molar-refractivity contribution in [3.8, 4) is 0 Å². The summed E-state index contributed by atoms with van der Waals surface area (Å²) in [5, 5.41) is 0. The second-order valence-electron chi connectivity index (χ2n) is 7.20. The Morgan fingerprint density at radius 2 is 1.72 bits per heavy atom. The molecule has 2 aromatic rings. The molecule has 0 spiro atoms. The second kappa shape index (κ2) is 9.41. The normalized spacial score (nSPS) is 14.3. The lowest BCUT2D eigenvalue weighted by atomic mass is 10.1. The minimum absolute atomic E-state index is 0.0581. The summed E-state index contributed by atoms with van der Waals surface area (Å²) in [5.41, 5.74) is 2.23. The number of ether oxygens (including phenoxy) is 1. The van der Waals surface area contributed by atoms with Gasteiger partial charge in [0.2, 0.25) is 0 Å². The van der Waals surface area contributed by atoms with Crippen molar-refractivity contribution in [1.29, 1.82) is 0 Å². The maximum absolute atomic E-state index is 12.9. The van der Waals surface area contributed by atoms with Gasteiger partial charge in [0.15, 0.2) is 0 Å². The number of amides is 1. The molecule has 0 aliphatic carbocycles. The van der Waals surface area contributed by atoms with E-state index in [1.165, 1.54) is 0 Å². The molecule has 0 bridgehead atoms. The minimum Gasteiger partial charge on any atom is -0.462 e. The monoisotopic (exact) mass is 396 g/mol. The van der Waals surface area contributed by atoms with Crippen molar-refractivity contribution >= 4 is 23.4 Å². The molecule has 0 radical (unpaired) electrons. The largest absolute Gasteiger partial charge is 0.462 e. The van der Waals surface area contributed by atoms with Crippen LogP contribution < -0.4 is 9.80 Å². The number of benzene rings is 1. The van der Waals surface area contributed by atoms with E-state index in [0.717, 1.165) is 24.5 Å². The van der Waals surface area contributed by atoms with Gasteiger partial charge in [-0.15, -0.1) is 0 Å². The summed E-state index contributed by atoms with van der Waals surface area (Å²) in [5.74, 6) is 0.505. The van der Waals surface area contributed by atoms with Crippen LogP contribution in [0, 0.1) is 0 Å². The van der Waals surface area contributed by atoms with Crippen LogP contribution in [0.1, 0.15) is 34.1 Å². The Kier molecular flexibility index (Phi) is 6.69. The molecular formula is C22H28N4O3. The molecule has 1 amide bonds. The third-order valence-corrected chi connectivity index (χ3v) is 5.00. The molecule has 7 nitrogen and oxygen atoms in total. The minimum atomic E-state index is -0.362. The topological polar surface area (TPSA) is 66.0 Å². The molecule has 1 aliphatic rings. The van der Waals surface area contributed by atoms with Crippen molar-refractivity contribution in [3.63, 3.8) is 0 Å². The van der Waals surface area contributed by atoms with Gasteiger partial charge in [-0.1, -0.05) is 0 Å². The first-order valence-electron chi connectivity index (χ1n) is 9.94. The lowest BCUT2D eigenvalue weighted by Gasteiger charge is -2.23. The summed E-state index contributed by atoms with van der Waals surface area (Å²) in [4.78, 5) is 35.1.